The molecule has 1 heterocycles. The van der Waals surface area contributed by atoms with Crippen molar-refractivity contribution in [3.8, 4) is 11.1 Å². The molecular formula is C34H37NO5. The lowest BCUT2D eigenvalue weighted by Gasteiger charge is -2.39. The average molecular weight is 540 g/mol. The molecule has 208 valence electrons. The summed E-state index contributed by atoms with van der Waals surface area (Å²) in [6.07, 6.45) is 7.73. The predicted molar refractivity (Wildman–Crippen MR) is 156 cm³/mol. The summed E-state index contributed by atoms with van der Waals surface area (Å²) in [6.45, 7) is 0.962. The van der Waals surface area contributed by atoms with Crippen LogP contribution >= 0.6 is 0 Å². The van der Waals surface area contributed by atoms with Crippen molar-refractivity contribution in [1.29, 1.82) is 0 Å². The molecule has 1 aliphatic carbocycles. The standard InChI is InChI=1S/C34H37NO5/c1-38-32(36)17-11-3-2-10-16-30-29(23-39-33(37)35-28-14-8-5-9-15-28)31-22-34(30,24-40-31)27-20-18-26(19-21-27)25-12-6-4-7-13-25/h2,4-10,12-15,18-21,29-31H,3,11,16-17,22-24H2,1H3,(H,35,37)/t29-,30-,31-,34-/m0/s1. The van der Waals surface area contributed by atoms with Gasteiger partial charge in [-0.15, -0.1) is 0 Å². The van der Waals surface area contributed by atoms with Crippen molar-refractivity contribution in [2.75, 3.05) is 25.6 Å². The van der Waals surface area contributed by atoms with E-state index in [0.717, 1.165) is 25.7 Å². The quantitative estimate of drug-likeness (QED) is 0.159. The van der Waals surface area contributed by atoms with Gasteiger partial charge in [0.2, 0.25) is 0 Å². The Labute approximate surface area is 236 Å². The van der Waals surface area contributed by atoms with Crippen LogP contribution in [0.25, 0.3) is 11.1 Å². The first kappa shape index (κ1) is 27.7. The normalized spacial score (nSPS) is 23.3. The lowest BCUT2D eigenvalue weighted by Crippen LogP contribution is -2.41. The molecule has 3 aromatic rings. The number of hydrogen-bond donors (Lipinski definition) is 1. The number of benzene rings is 3. The van der Waals surface area contributed by atoms with Gasteiger partial charge < -0.3 is 14.2 Å². The molecule has 2 bridgehead atoms. The topological polar surface area (TPSA) is 73.9 Å². The highest BCUT2D eigenvalue weighted by molar-refractivity contribution is 5.84. The molecule has 1 N–H and O–H groups in total. The number of fused-ring (bicyclic) bond motifs is 2. The summed E-state index contributed by atoms with van der Waals surface area (Å²) in [5, 5.41) is 2.81. The molecule has 0 unspecified atom stereocenters. The molecular weight excluding hydrogens is 502 g/mol. The van der Waals surface area contributed by atoms with Crippen LogP contribution in [0.4, 0.5) is 10.5 Å². The zero-order chi connectivity index (χ0) is 27.8. The Hall–Kier alpha value is -3.90. The summed E-state index contributed by atoms with van der Waals surface area (Å²) in [5.74, 6) is 0.168. The first-order valence-electron chi connectivity index (χ1n) is 14.1. The summed E-state index contributed by atoms with van der Waals surface area (Å²) in [7, 11) is 1.42. The minimum atomic E-state index is -0.452. The molecule has 2 fully saturated rings. The van der Waals surface area contributed by atoms with Gasteiger partial charge in [0.1, 0.15) is 0 Å². The molecule has 6 nitrogen and oxygen atoms in total. The number of anilines is 1. The average Bonchev–Trinajstić information content (AvgIpc) is 3.57. The number of nitrogens with one attached hydrogen (secondary N) is 1. The van der Waals surface area contributed by atoms with Crippen LogP contribution in [-0.4, -0.2) is 38.5 Å². The minimum Gasteiger partial charge on any atom is -0.469 e. The van der Waals surface area contributed by atoms with Gasteiger partial charge in [0, 0.05) is 23.4 Å². The number of carbonyl (C=O) groups excluding carboxylic acids is 2. The maximum Gasteiger partial charge on any atom is 0.411 e. The molecule has 3 aromatic carbocycles. The number of carbonyl (C=O) groups is 2. The Morgan fingerprint density at radius 3 is 2.38 bits per heavy atom. The van der Waals surface area contributed by atoms with E-state index in [2.05, 4.69) is 66.0 Å². The van der Waals surface area contributed by atoms with Crippen LogP contribution in [0.2, 0.25) is 0 Å². The molecule has 4 atom stereocenters. The maximum absolute atomic E-state index is 12.6. The van der Waals surface area contributed by atoms with Crippen molar-refractivity contribution >= 4 is 17.7 Å². The summed E-state index contributed by atoms with van der Waals surface area (Å²) in [4.78, 5) is 24.0. The lowest BCUT2D eigenvalue weighted by molar-refractivity contribution is -0.140. The number of amides is 1. The zero-order valence-corrected chi connectivity index (χ0v) is 23.0. The van der Waals surface area contributed by atoms with E-state index in [1.807, 2.05) is 36.4 Å². The number of allylic oxidation sites excluding steroid dienone is 2. The minimum absolute atomic E-state index is 0.0380. The van der Waals surface area contributed by atoms with Gasteiger partial charge in [-0.1, -0.05) is 84.9 Å². The van der Waals surface area contributed by atoms with E-state index in [0.29, 0.717) is 25.3 Å². The zero-order valence-electron chi connectivity index (χ0n) is 23.0. The number of rotatable bonds is 11. The van der Waals surface area contributed by atoms with Crippen molar-refractivity contribution in [2.45, 2.75) is 43.6 Å². The first-order chi connectivity index (χ1) is 19.6. The molecule has 1 saturated carbocycles. The van der Waals surface area contributed by atoms with Crippen LogP contribution in [0.5, 0.6) is 0 Å². The third-order valence-electron chi connectivity index (χ3n) is 8.35. The number of methoxy groups -OCH3 is 1. The largest absolute Gasteiger partial charge is 0.469 e. The maximum atomic E-state index is 12.6. The van der Waals surface area contributed by atoms with Crippen molar-refractivity contribution < 1.29 is 23.8 Å². The Bertz CT molecular complexity index is 1290. The second-order valence-electron chi connectivity index (χ2n) is 10.7. The van der Waals surface area contributed by atoms with Crippen molar-refractivity contribution in [3.05, 3.63) is 103 Å². The van der Waals surface area contributed by atoms with Crippen molar-refractivity contribution in [1.82, 2.24) is 0 Å². The van der Waals surface area contributed by atoms with Crippen LogP contribution in [0.3, 0.4) is 0 Å². The smallest absolute Gasteiger partial charge is 0.411 e. The Balaban J connectivity index is 1.31. The summed E-state index contributed by atoms with van der Waals surface area (Å²) in [5.41, 5.74) is 4.22. The van der Waals surface area contributed by atoms with E-state index in [1.54, 1.807) is 0 Å². The number of ether oxygens (including phenoxy) is 3. The predicted octanol–water partition coefficient (Wildman–Crippen LogP) is 7.16. The monoisotopic (exact) mass is 539 g/mol. The van der Waals surface area contributed by atoms with Crippen LogP contribution in [-0.2, 0) is 24.4 Å². The molecule has 0 aromatic heterocycles. The molecule has 2 aliphatic rings. The van der Waals surface area contributed by atoms with Crippen LogP contribution in [0.1, 0.15) is 37.7 Å². The van der Waals surface area contributed by atoms with Crippen LogP contribution in [0.15, 0.2) is 97.1 Å². The summed E-state index contributed by atoms with van der Waals surface area (Å²) in [6, 6.07) is 28.6. The molecule has 0 radical (unpaired) electrons. The van der Waals surface area contributed by atoms with E-state index >= 15 is 0 Å². The van der Waals surface area contributed by atoms with E-state index in [-0.39, 0.29) is 29.3 Å². The van der Waals surface area contributed by atoms with Crippen molar-refractivity contribution in [3.63, 3.8) is 0 Å². The molecule has 1 saturated heterocycles. The van der Waals surface area contributed by atoms with E-state index in [9.17, 15) is 9.59 Å². The van der Waals surface area contributed by atoms with Gasteiger partial charge in [-0.05, 0) is 60.4 Å². The number of esters is 1. The van der Waals surface area contributed by atoms with E-state index < -0.39 is 6.09 Å². The summed E-state index contributed by atoms with van der Waals surface area (Å²) >= 11 is 0. The number of hydrogen-bond acceptors (Lipinski definition) is 5. The van der Waals surface area contributed by atoms with Gasteiger partial charge in [0.25, 0.3) is 0 Å². The fourth-order valence-electron chi connectivity index (χ4n) is 6.27. The van der Waals surface area contributed by atoms with Gasteiger partial charge in [0.05, 0.1) is 26.4 Å². The fourth-order valence-corrected chi connectivity index (χ4v) is 6.27. The molecule has 0 spiro atoms. The lowest BCUT2D eigenvalue weighted by atomic mass is 9.69. The van der Waals surface area contributed by atoms with Crippen LogP contribution in [0, 0.1) is 11.8 Å². The summed E-state index contributed by atoms with van der Waals surface area (Å²) < 4.78 is 16.8. The van der Waals surface area contributed by atoms with E-state index in [4.69, 9.17) is 14.2 Å². The van der Waals surface area contributed by atoms with Gasteiger partial charge in [0.15, 0.2) is 0 Å². The number of unbranched alkanes of at least 4 members (excludes halogenated alkanes) is 1. The molecule has 1 aliphatic heterocycles. The Kier molecular flexibility index (Phi) is 8.97. The fraction of sp³-hybridized carbons (Fsp3) is 0.353. The molecule has 6 heteroatoms. The van der Waals surface area contributed by atoms with Gasteiger partial charge in [-0.3, -0.25) is 10.1 Å². The SMILES string of the molecule is COC(=O)CCCC=CC[C@H]1[C@H](COC(=O)Nc2ccccc2)[C@@H]2C[C@@]1(c1ccc(-c3ccccc3)cc1)CO2. The highest BCUT2D eigenvalue weighted by atomic mass is 16.6. The van der Waals surface area contributed by atoms with Gasteiger partial charge in [-0.2, -0.15) is 0 Å². The second-order valence-corrected chi connectivity index (χ2v) is 10.7. The number of para-hydroxylation sites is 1. The van der Waals surface area contributed by atoms with Gasteiger partial charge in [-0.25, -0.2) is 4.79 Å². The highest BCUT2D eigenvalue weighted by Crippen LogP contribution is 2.56. The molecule has 1 amide bonds. The Morgan fingerprint density at radius 2 is 1.65 bits per heavy atom. The van der Waals surface area contributed by atoms with Crippen molar-refractivity contribution in [2.24, 2.45) is 11.8 Å². The third kappa shape index (κ3) is 6.28. The van der Waals surface area contributed by atoms with Gasteiger partial charge >= 0.3 is 12.1 Å². The van der Waals surface area contributed by atoms with Crippen LogP contribution < -0.4 is 5.32 Å². The Morgan fingerprint density at radius 1 is 0.950 bits per heavy atom. The molecule has 5 rings (SSSR count). The highest BCUT2D eigenvalue weighted by Gasteiger charge is 2.59. The second kappa shape index (κ2) is 13.0. The van der Waals surface area contributed by atoms with E-state index in [1.165, 1.54) is 23.8 Å². The first-order valence-corrected chi connectivity index (χ1v) is 14.1. The molecule has 40 heavy (non-hydrogen) atoms. The third-order valence-corrected chi connectivity index (χ3v) is 8.35.